The standard InChI is InChI=1S/C37H42N8O4.C2H2/c1-3-4-12-29(38)18-19-43-32-13-8-11-28(31(32)22-40-43)23-42-24-34-44(33(36(42)48)20-26-14-16-30(46)17-15-26)35(47)25-41(2)45(34)37(49)39-21-27-9-6-5-7-10-27;1-2/h3-17,22,33-34,46H,18-21,23-25,38H2,1-2H3,(H,39,49);1-2H/b4-3-,29-12+;/t33-,34?;/m0./s1. The lowest BCUT2D eigenvalue weighted by Gasteiger charge is -2.54. The number of nitrogens with two attached hydrogens (primary N) is 1. The second kappa shape index (κ2) is 16.6. The van der Waals surface area contributed by atoms with Crippen LogP contribution in [0.5, 0.6) is 5.75 Å². The van der Waals surface area contributed by atoms with E-state index in [1.54, 1.807) is 51.1 Å². The molecule has 0 radical (unpaired) electrons. The van der Waals surface area contributed by atoms with Crippen LogP contribution in [0.2, 0.25) is 0 Å². The molecule has 4 amide bonds. The lowest BCUT2D eigenvalue weighted by Crippen LogP contribution is -2.76. The number of nitrogens with zero attached hydrogens (tertiary/aromatic N) is 6. The van der Waals surface area contributed by atoms with E-state index in [1.165, 1.54) is 0 Å². The third kappa shape index (κ3) is 8.22. The molecule has 3 aromatic carbocycles. The van der Waals surface area contributed by atoms with Crippen LogP contribution in [-0.2, 0) is 35.6 Å². The molecular formula is C39H44N8O4. The summed E-state index contributed by atoms with van der Waals surface area (Å²) in [7, 11) is 1.71. The molecule has 2 fully saturated rings. The highest BCUT2D eigenvalue weighted by Crippen LogP contribution is 2.30. The molecule has 2 aliphatic rings. The highest BCUT2D eigenvalue weighted by Gasteiger charge is 2.50. The number of carbonyl (C=O) groups excluding carboxylic acids is 3. The van der Waals surface area contributed by atoms with Crippen molar-refractivity contribution < 1.29 is 19.5 Å². The fourth-order valence-corrected chi connectivity index (χ4v) is 6.58. The molecule has 0 aliphatic carbocycles. The number of aromatic hydroxyl groups is 1. The van der Waals surface area contributed by atoms with Gasteiger partial charge in [0.2, 0.25) is 11.8 Å². The van der Waals surface area contributed by atoms with Gasteiger partial charge in [0, 0.05) is 50.6 Å². The summed E-state index contributed by atoms with van der Waals surface area (Å²) in [5, 5.41) is 21.6. The van der Waals surface area contributed by atoms with Crippen molar-refractivity contribution in [3.8, 4) is 18.6 Å². The van der Waals surface area contributed by atoms with E-state index < -0.39 is 12.2 Å². The zero-order valence-corrected chi connectivity index (χ0v) is 28.9. The van der Waals surface area contributed by atoms with Crippen molar-refractivity contribution in [2.75, 3.05) is 20.1 Å². The first kappa shape index (κ1) is 36.2. The number of aromatic nitrogens is 2. The number of amides is 4. The molecule has 0 spiro atoms. The van der Waals surface area contributed by atoms with Gasteiger partial charge in [-0.3, -0.25) is 14.3 Å². The number of hydrogen-bond donors (Lipinski definition) is 3. The lowest BCUT2D eigenvalue weighted by atomic mass is 9.98. The van der Waals surface area contributed by atoms with E-state index in [1.807, 2.05) is 84.6 Å². The number of urea groups is 1. The predicted octanol–water partition coefficient (Wildman–Crippen LogP) is 3.98. The van der Waals surface area contributed by atoms with Crippen molar-refractivity contribution in [1.82, 2.24) is 34.9 Å². The monoisotopic (exact) mass is 688 g/mol. The van der Waals surface area contributed by atoms with Gasteiger partial charge in [0.1, 0.15) is 18.0 Å². The third-order valence-corrected chi connectivity index (χ3v) is 9.05. The highest BCUT2D eigenvalue weighted by molar-refractivity contribution is 5.92. The molecule has 0 bridgehead atoms. The molecule has 12 nitrogen and oxygen atoms in total. The summed E-state index contributed by atoms with van der Waals surface area (Å²) in [4.78, 5) is 45.2. The fraction of sp³-hybridized carbons (Fsp3) is 0.282. The predicted molar refractivity (Wildman–Crippen MR) is 196 cm³/mol. The highest BCUT2D eigenvalue weighted by atomic mass is 16.3. The SMILES string of the molecule is C#C.C/C=C\C=C(\N)CCn1ncc2c(CN3CC4N(C(=O)CN(C)N4C(=O)NCc4ccccc4)[C@@H](Cc4ccc(O)cc4)C3=O)cccc21. The van der Waals surface area contributed by atoms with Gasteiger partial charge >= 0.3 is 6.03 Å². The Morgan fingerprint density at radius 1 is 1.04 bits per heavy atom. The number of benzene rings is 3. The third-order valence-electron chi connectivity index (χ3n) is 9.05. The maximum atomic E-state index is 14.4. The number of allylic oxidation sites excluding steroid dienone is 4. The van der Waals surface area contributed by atoms with Gasteiger partial charge in [-0.2, -0.15) is 5.10 Å². The van der Waals surface area contributed by atoms with E-state index in [9.17, 15) is 19.5 Å². The zero-order chi connectivity index (χ0) is 36.5. The van der Waals surface area contributed by atoms with E-state index in [0.29, 0.717) is 19.5 Å². The summed E-state index contributed by atoms with van der Waals surface area (Å²) < 4.78 is 1.91. The van der Waals surface area contributed by atoms with Crippen LogP contribution in [0.25, 0.3) is 10.9 Å². The second-order valence-corrected chi connectivity index (χ2v) is 12.4. The van der Waals surface area contributed by atoms with Crippen molar-refractivity contribution >= 4 is 28.7 Å². The second-order valence-electron chi connectivity index (χ2n) is 12.4. The molecule has 0 saturated carbocycles. The van der Waals surface area contributed by atoms with Crippen molar-refractivity contribution in [3.63, 3.8) is 0 Å². The molecule has 1 unspecified atom stereocenters. The first-order chi connectivity index (χ1) is 24.7. The number of aryl methyl sites for hydroxylation is 1. The topological polar surface area (TPSA) is 140 Å². The zero-order valence-electron chi connectivity index (χ0n) is 28.9. The average molecular weight is 689 g/mol. The van der Waals surface area contributed by atoms with Crippen LogP contribution < -0.4 is 11.1 Å². The minimum absolute atomic E-state index is 0.0540. The number of likely N-dealkylation sites (N-methyl/N-ethyl adjacent to an activating group) is 1. The van der Waals surface area contributed by atoms with Crippen molar-refractivity contribution in [3.05, 3.63) is 120 Å². The van der Waals surface area contributed by atoms with Gasteiger partial charge in [0.05, 0.1) is 24.8 Å². The largest absolute Gasteiger partial charge is 0.508 e. The van der Waals surface area contributed by atoms with Gasteiger partial charge in [0.15, 0.2) is 0 Å². The summed E-state index contributed by atoms with van der Waals surface area (Å²) in [5.74, 6) is -0.332. The number of terminal acetylenes is 1. The Bertz CT molecular complexity index is 1920. The molecular weight excluding hydrogens is 644 g/mol. The van der Waals surface area contributed by atoms with Crippen LogP contribution in [0.15, 0.2) is 103 Å². The summed E-state index contributed by atoms with van der Waals surface area (Å²) in [6.45, 7) is 3.18. The summed E-state index contributed by atoms with van der Waals surface area (Å²) >= 11 is 0. The van der Waals surface area contributed by atoms with Crippen LogP contribution >= 0.6 is 0 Å². The number of fused-ring (bicyclic) bond motifs is 2. The van der Waals surface area contributed by atoms with Crippen LogP contribution in [-0.4, -0.2) is 84.9 Å². The van der Waals surface area contributed by atoms with Gasteiger partial charge in [0.25, 0.3) is 0 Å². The number of hydrogen-bond acceptors (Lipinski definition) is 7. The maximum Gasteiger partial charge on any atom is 0.334 e. The maximum absolute atomic E-state index is 14.4. The molecule has 264 valence electrons. The van der Waals surface area contributed by atoms with E-state index >= 15 is 0 Å². The minimum Gasteiger partial charge on any atom is -0.508 e. The summed E-state index contributed by atoms with van der Waals surface area (Å²) in [6, 6.07) is 20.9. The Morgan fingerprint density at radius 3 is 2.51 bits per heavy atom. The Kier molecular flexibility index (Phi) is 11.8. The normalized spacial score (nSPS) is 18.1. The molecule has 2 aliphatic heterocycles. The van der Waals surface area contributed by atoms with E-state index in [-0.39, 0.29) is 49.7 Å². The number of nitrogens with one attached hydrogen (secondary N) is 1. The Hall–Kier alpha value is -6.06. The molecule has 6 rings (SSSR count). The molecule has 51 heavy (non-hydrogen) atoms. The van der Waals surface area contributed by atoms with Crippen LogP contribution in [0.1, 0.15) is 30.0 Å². The van der Waals surface area contributed by atoms with E-state index in [2.05, 4.69) is 23.3 Å². The average Bonchev–Trinajstić information content (AvgIpc) is 3.56. The van der Waals surface area contributed by atoms with Crippen LogP contribution in [0.3, 0.4) is 0 Å². The van der Waals surface area contributed by atoms with Crippen molar-refractivity contribution in [2.24, 2.45) is 5.73 Å². The molecule has 1 aromatic heterocycles. The van der Waals surface area contributed by atoms with E-state index in [4.69, 9.17) is 5.73 Å². The van der Waals surface area contributed by atoms with Crippen LogP contribution in [0.4, 0.5) is 4.79 Å². The Morgan fingerprint density at radius 2 is 1.78 bits per heavy atom. The number of phenols is 1. The van der Waals surface area contributed by atoms with E-state index in [0.717, 1.165) is 33.3 Å². The number of rotatable bonds is 10. The summed E-state index contributed by atoms with van der Waals surface area (Å²) in [6.07, 6.45) is 15.7. The minimum atomic E-state index is -0.859. The molecule has 12 heteroatoms. The van der Waals surface area contributed by atoms with Gasteiger partial charge in [-0.05, 0) is 47.9 Å². The lowest BCUT2D eigenvalue weighted by molar-refractivity contribution is -0.187. The van der Waals surface area contributed by atoms with Gasteiger partial charge < -0.3 is 26.0 Å². The first-order valence-electron chi connectivity index (χ1n) is 16.8. The number of phenolic OH excluding ortho intramolecular Hbond substituents is 1. The molecule has 2 saturated heterocycles. The fourth-order valence-electron chi connectivity index (χ4n) is 6.58. The molecule has 4 aromatic rings. The van der Waals surface area contributed by atoms with Crippen molar-refractivity contribution in [1.29, 1.82) is 0 Å². The van der Waals surface area contributed by atoms with Crippen LogP contribution in [0, 0.1) is 12.8 Å². The first-order valence-corrected chi connectivity index (χ1v) is 16.8. The number of carbonyl (C=O) groups is 3. The smallest absolute Gasteiger partial charge is 0.334 e. The number of hydrazine groups is 1. The quantitative estimate of drug-likeness (QED) is 0.169. The van der Waals surface area contributed by atoms with Crippen molar-refractivity contribution in [2.45, 2.75) is 51.6 Å². The Balaban J connectivity index is 0.00000248. The Labute approximate surface area is 298 Å². The van der Waals surface area contributed by atoms with Gasteiger partial charge in [-0.25, -0.2) is 14.8 Å². The molecule has 3 heterocycles. The summed E-state index contributed by atoms with van der Waals surface area (Å²) in [5.41, 5.74) is 10.5. The number of piperazine rings is 1. The van der Waals surface area contributed by atoms with Gasteiger partial charge in [-0.1, -0.05) is 66.7 Å². The van der Waals surface area contributed by atoms with Gasteiger partial charge in [-0.15, -0.1) is 12.8 Å². The molecule has 4 N–H and O–H groups in total. The molecule has 2 atom stereocenters.